The number of carbonyl (C=O) groups is 1. The minimum atomic E-state index is -4.55. The number of aliphatic carboxylic acids is 1. The highest BCUT2D eigenvalue weighted by atomic mass is 19.4. The van der Waals surface area contributed by atoms with Gasteiger partial charge >= 0.3 is 12.3 Å². The highest BCUT2D eigenvalue weighted by Gasteiger charge is 2.32. The van der Waals surface area contributed by atoms with Gasteiger partial charge in [0, 0.05) is 18.0 Å². The number of halogens is 3. The number of fused-ring (bicyclic) bond motifs is 1. The Morgan fingerprint density at radius 2 is 2.00 bits per heavy atom. The van der Waals surface area contributed by atoms with Crippen LogP contribution in [0.25, 0.3) is 10.9 Å². The van der Waals surface area contributed by atoms with Gasteiger partial charge in [-0.3, -0.25) is 9.36 Å². The molecule has 1 aromatic heterocycles. The Labute approximate surface area is 106 Å². The van der Waals surface area contributed by atoms with Crippen LogP contribution < -0.4 is 5.73 Å². The predicted octanol–water partition coefficient (Wildman–Crippen LogP) is 2.07. The lowest BCUT2D eigenvalue weighted by atomic mass is 10.1. The monoisotopic (exact) mass is 272 g/mol. The molecular weight excluding hydrogens is 261 g/mol. The summed E-state index contributed by atoms with van der Waals surface area (Å²) in [6.45, 7) is 0. The molecule has 4 nitrogen and oxygen atoms in total. The summed E-state index contributed by atoms with van der Waals surface area (Å²) in [7, 11) is 0. The Morgan fingerprint density at radius 1 is 1.37 bits per heavy atom. The summed E-state index contributed by atoms with van der Waals surface area (Å²) < 4.78 is 38.7. The number of aromatic nitrogens is 1. The van der Waals surface area contributed by atoms with E-state index in [-0.39, 0.29) is 22.1 Å². The second-order valence-corrected chi connectivity index (χ2v) is 4.16. The third-order valence-electron chi connectivity index (χ3n) is 2.82. The number of hydrogen-bond donors (Lipinski definition) is 2. The number of alkyl halides is 3. The van der Waals surface area contributed by atoms with E-state index >= 15 is 0 Å². The molecule has 0 aliphatic heterocycles. The third-order valence-corrected chi connectivity index (χ3v) is 2.82. The highest BCUT2D eigenvalue weighted by Crippen LogP contribution is 2.31. The van der Waals surface area contributed by atoms with E-state index < -0.39 is 18.3 Å². The van der Waals surface area contributed by atoms with Crippen LogP contribution in [0.1, 0.15) is 5.56 Å². The standard InChI is InChI=1S/C12H11F3N2O2/c13-12(14,15)17-6-7(5-9(16)11(18)19)8-3-1-2-4-10(8)17/h1-4,6,9H,5,16H2,(H,18,19)/t9-/m0/s1. The molecule has 0 unspecified atom stereocenters. The summed E-state index contributed by atoms with van der Waals surface area (Å²) >= 11 is 0. The van der Waals surface area contributed by atoms with Crippen LogP contribution in [-0.2, 0) is 17.5 Å². The highest BCUT2D eigenvalue weighted by molar-refractivity contribution is 5.85. The number of carboxylic acids is 1. The topological polar surface area (TPSA) is 68.2 Å². The van der Waals surface area contributed by atoms with Crippen molar-refractivity contribution >= 4 is 16.9 Å². The van der Waals surface area contributed by atoms with Gasteiger partial charge in [-0.1, -0.05) is 18.2 Å². The van der Waals surface area contributed by atoms with Crippen LogP contribution in [0.2, 0.25) is 0 Å². The zero-order chi connectivity index (χ0) is 14.2. The van der Waals surface area contributed by atoms with E-state index in [1.54, 1.807) is 6.07 Å². The normalized spacial score (nSPS) is 13.7. The number of nitrogens with zero attached hydrogens (tertiary/aromatic N) is 1. The quantitative estimate of drug-likeness (QED) is 0.898. The molecule has 19 heavy (non-hydrogen) atoms. The Bertz CT molecular complexity index is 619. The number of hydrogen-bond acceptors (Lipinski definition) is 2. The fourth-order valence-corrected chi connectivity index (χ4v) is 1.95. The maximum absolute atomic E-state index is 12.8. The molecule has 0 radical (unpaired) electrons. The summed E-state index contributed by atoms with van der Waals surface area (Å²) in [6, 6.07) is 4.71. The number of para-hydroxylation sites is 1. The molecule has 0 spiro atoms. The average Bonchev–Trinajstić information content (AvgIpc) is 2.68. The second-order valence-electron chi connectivity index (χ2n) is 4.16. The first-order valence-corrected chi connectivity index (χ1v) is 5.45. The van der Waals surface area contributed by atoms with E-state index in [0.717, 1.165) is 6.20 Å². The number of benzene rings is 1. The number of nitrogens with two attached hydrogens (primary N) is 1. The van der Waals surface area contributed by atoms with Gasteiger partial charge in [-0.2, -0.15) is 0 Å². The molecule has 2 rings (SSSR count). The lowest BCUT2D eigenvalue weighted by Gasteiger charge is -2.08. The van der Waals surface area contributed by atoms with Gasteiger partial charge in [-0.15, -0.1) is 13.2 Å². The number of rotatable bonds is 3. The molecule has 2 aromatic rings. The molecule has 1 heterocycles. The largest absolute Gasteiger partial charge is 0.488 e. The molecule has 0 fully saturated rings. The molecule has 0 bridgehead atoms. The molecule has 1 aromatic carbocycles. The van der Waals surface area contributed by atoms with Crippen LogP contribution in [-0.4, -0.2) is 21.7 Å². The van der Waals surface area contributed by atoms with Crippen LogP contribution in [0.15, 0.2) is 30.5 Å². The maximum atomic E-state index is 12.8. The van der Waals surface area contributed by atoms with Crippen LogP contribution in [0.5, 0.6) is 0 Å². The molecule has 102 valence electrons. The van der Waals surface area contributed by atoms with Crippen molar-refractivity contribution in [3.63, 3.8) is 0 Å². The van der Waals surface area contributed by atoms with E-state index in [1.807, 2.05) is 0 Å². The van der Waals surface area contributed by atoms with Crippen LogP contribution in [0, 0.1) is 0 Å². The second kappa shape index (κ2) is 4.58. The smallest absolute Gasteiger partial charge is 0.480 e. The Balaban J connectivity index is 2.54. The summed E-state index contributed by atoms with van der Waals surface area (Å²) in [6.07, 6.45) is -3.81. The number of carboxylic acid groups (broad SMARTS) is 1. The molecule has 0 amide bonds. The molecule has 0 aliphatic rings. The molecular formula is C12H11F3N2O2. The van der Waals surface area contributed by atoms with E-state index in [4.69, 9.17) is 10.8 Å². The first-order valence-electron chi connectivity index (χ1n) is 5.45. The zero-order valence-electron chi connectivity index (χ0n) is 9.69. The van der Waals surface area contributed by atoms with Gasteiger partial charge in [-0.05, 0) is 11.6 Å². The SMILES string of the molecule is N[C@@H](Cc1cn(C(F)(F)F)c2ccccc12)C(=O)O. The van der Waals surface area contributed by atoms with Crippen molar-refractivity contribution in [2.75, 3.05) is 0 Å². The first-order chi connectivity index (χ1) is 8.80. The van der Waals surface area contributed by atoms with Crippen molar-refractivity contribution < 1.29 is 23.1 Å². The van der Waals surface area contributed by atoms with Crippen LogP contribution >= 0.6 is 0 Å². The van der Waals surface area contributed by atoms with Crippen molar-refractivity contribution in [3.8, 4) is 0 Å². The van der Waals surface area contributed by atoms with Gasteiger partial charge in [0.05, 0.1) is 5.52 Å². The molecule has 7 heteroatoms. The predicted molar refractivity (Wildman–Crippen MR) is 62.6 cm³/mol. The Morgan fingerprint density at radius 3 is 2.58 bits per heavy atom. The fourth-order valence-electron chi connectivity index (χ4n) is 1.95. The van der Waals surface area contributed by atoms with Crippen molar-refractivity contribution in [1.82, 2.24) is 4.57 Å². The lowest BCUT2D eigenvalue weighted by molar-refractivity contribution is -0.200. The third kappa shape index (κ3) is 2.55. The van der Waals surface area contributed by atoms with Gasteiger partial charge in [0.2, 0.25) is 0 Å². The van der Waals surface area contributed by atoms with Gasteiger partial charge in [0.1, 0.15) is 6.04 Å². The molecule has 3 N–H and O–H groups in total. The van der Waals surface area contributed by atoms with Gasteiger partial charge < -0.3 is 10.8 Å². The van der Waals surface area contributed by atoms with Gasteiger partial charge in [-0.25, -0.2) is 0 Å². The van der Waals surface area contributed by atoms with E-state index in [0.29, 0.717) is 5.39 Å². The summed E-state index contributed by atoms with van der Waals surface area (Å²) in [5.74, 6) is -1.25. The fraction of sp³-hybridized carbons (Fsp3) is 0.250. The van der Waals surface area contributed by atoms with Gasteiger partial charge in [0.25, 0.3) is 0 Å². The molecule has 0 saturated carbocycles. The van der Waals surface area contributed by atoms with E-state index in [9.17, 15) is 18.0 Å². The van der Waals surface area contributed by atoms with Crippen LogP contribution in [0.3, 0.4) is 0 Å². The molecule has 0 aliphatic carbocycles. The summed E-state index contributed by atoms with van der Waals surface area (Å²) in [4.78, 5) is 10.7. The maximum Gasteiger partial charge on any atom is 0.488 e. The van der Waals surface area contributed by atoms with Crippen molar-refractivity contribution in [2.24, 2.45) is 5.73 Å². The molecule has 0 saturated heterocycles. The summed E-state index contributed by atoms with van der Waals surface area (Å²) in [5.41, 5.74) is 5.62. The Hall–Kier alpha value is -2.02. The zero-order valence-corrected chi connectivity index (χ0v) is 9.69. The van der Waals surface area contributed by atoms with Crippen molar-refractivity contribution in [1.29, 1.82) is 0 Å². The van der Waals surface area contributed by atoms with E-state index in [2.05, 4.69) is 0 Å². The minimum Gasteiger partial charge on any atom is -0.480 e. The van der Waals surface area contributed by atoms with Crippen molar-refractivity contribution in [3.05, 3.63) is 36.0 Å². The van der Waals surface area contributed by atoms with Crippen molar-refractivity contribution in [2.45, 2.75) is 18.8 Å². The minimum absolute atomic E-state index is 0.0115. The Kier molecular flexibility index (Phi) is 3.23. The van der Waals surface area contributed by atoms with Crippen LogP contribution in [0.4, 0.5) is 13.2 Å². The molecule has 1 atom stereocenters. The lowest BCUT2D eigenvalue weighted by Crippen LogP contribution is -2.32. The first kappa shape index (κ1) is 13.4. The van der Waals surface area contributed by atoms with Gasteiger partial charge in [0.15, 0.2) is 0 Å². The average molecular weight is 272 g/mol. The van der Waals surface area contributed by atoms with E-state index in [1.165, 1.54) is 18.2 Å². The summed E-state index contributed by atoms with van der Waals surface area (Å²) in [5, 5.41) is 9.09.